The highest BCUT2D eigenvalue weighted by Crippen LogP contribution is 2.29. The van der Waals surface area contributed by atoms with Gasteiger partial charge in [0, 0.05) is 12.8 Å². The van der Waals surface area contributed by atoms with Crippen molar-refractivity contribution in [1.82, 2.24) is 10.6 Å². The number of nitrogens with one attached hydrogen (secondary N) is 3. The van der Waals surface area contributed by atoms with Gasteiger partial charge in [-0.15, -0.1) is 0 Å². The summed E-state index contributed by atoms with van der Waals surface area (Å²) in [6.45, 7) is 0. The van der Waals surface area contributed by atoms with Crippen molar-refractivity contribution in [3.63, 3.8) is 0 Å². The molecule has 3 N–H and O–H groups in total. The zero-order valence-electron chi connectivity index (χ0n) is 12.9. The zero-order chi connectivity index (χ0) is 19.3. The summed E-state index contributed by atoms with van der Waals surface area (Å²) in [5, 5.41) is 8.69. The highest BCUT2D eigenvalue weighted by molar-refractivity contribution is 14.1. The third-order valence-electron chi connectivity index (χ3n) is 3.10. The van der Waals surface area contributed by atoms with E-state index in [-0.39, 0.29) is 11.0 Å². The van der Waals surface area contributed by atoms with Gasteiger partial charge in [0.25, 0.3) is 5.91 Å². The zero-order valence-corrected chi connectivity index (χ0v) is 20.3. The Kier molecular flexibility index (Phi) is 8.48. The molecule has 2 aromatic rings. The Hall–Kier alpha value is -0.0700. The average Bonchev–Trinajstić information content (AvgIpc) is 2.56. The summed E-state index contributed by atoms with van der Waals surface area (Å²) in [4.78, 5) is 12.5. The first-order chi connectivity index (χ1) is 12.2. The van der Waals surface area contributed by atoms with E-state index in [4.69, 9.17) is 47.0 Å². The molecule has 0 fully saturated rings. The number of hydrogen-bond acceptors (Lipinski definition) is 2. The van der Waals surface area contributed by atoms with Crippen molar-refractivity contribution in [2.45, 2.75) is 9.96 Å². The molecule has 1 amide bonds. The third-order valence-corrected chi connectivity index (χ3v) is 5.63. The maximum atomic E-state index is 12.5. The Balaban J connectivity index is 2.07. The number of carbonyl (C=O) groups excluding carboxylic acids is 1. The molecule has 0 radical (unpaired) electrons. The van der Waals surface area contributed by atoms with Gasteiger partial charge < -0.3 is 16.0 Å². The molecule has 0 aliphatic heterocycles. The molecule has 138 valence electrons. The molecule has 0 spiro atoms. The van der Waals surface area contributed by atoms with Gasteiger partial charge in [-0.25, -0.2) is 0 Å². The molecule has 0 unspecified atom stereocenters. The van der Waals surface area contributed by atoms with Gasteiger partial charge in [0.15, 0.2) is 5.11 Å². The van der Waals surface area contributed by atoms with Crippen molar-refractivity contribution in [2.24, 2.45) is 0 Å². The molecular weight excluding hydrogens is 642 g/mol. The van der Waals surface area contributed by atoms with Gasteiger partial charge in [-0.05, 0) is 93.8 Å². The van der Waals surface area contributed by atoms with Gasteiger partial charge in [-0.3, -0.25) is 4.79 Å². The summed E-state index contributed by atoms with van der Waals surface area (Å²) in [6, 6.07) is 14.7. The fourth-order valence-corrected chi connectivity index (χ4v) is 3.44. The monoisotopic (exact) mass is 653 g/mol. The maximum absolute atomic E-state index is 12.5. The molecule has 0 saturated carbocycles. The number of anilines is 1. The molecule has 0 aliphatic rings. The first-order valence-electron chi connectivity index (χ1n) is 7.12. The number of benzene rings is 2. The van der Waals surface area contributed by atoms with Crippen LogP contribution in [0.3, 0.4) is 0 Å². The summed E-state index contributed by atoms with van der Waals surface area (Å²) in [6.07, 6.45) is -1.03. The fourth-order valence-electron chi connectivity index (χ4n) is 1.89. The Labute approximate surface area is 199 Å². The molecule has 2 aromatic carbocycles. The van der Waals surface area contributed by atoms with E-state index in [1.165, 1.54) is 0 Å². The van der Waals surface area contributed by atoms with Crippen molar-refractivity contribution in [2.75, 3.05) is 5.32 Å². The number of thiocarbonyl (C=S) groups is 1. The molecule has 0 bridgehead atoms. The van der Waals surface area contributed by atoms with Crippen LogP contribution >= 0.6 is 92.2 Å². The molecule has 0 aromatic heterocycles. The predicted molar refractivity (Wildman–Crippen MR) is 129 cm³/mol. The fraction of sp³-hybridized carbons (Fsp3) is 0.125. The lowest BCUT2D eigenvalue weighted by molar-refractivity contribution is 0.0933. The lowest BCUT2D eigenvalue weighted by atomic mass is 10.2. The van der Waals surface area contributed by atoms with E-state index in [2.05, 4.69) is 61.1 Å². The van der Waals surface area contributed by atoms with Gasteiger partial charge >= 0.3 is 0 Å². The van der Waals surface area contributed by atoms with Crippen LogP contribution in [0.5, 0.6) is 0 Å². The molecule has 10 heteroatoms. The van der Waals surface area contributed by atoms with Crippen LogP contribution in [0.15, 0.2) is 48.5 Å². The molecule has 1 atom stereocenters. The quantitative estimate of drug-likeness (QED) is 0.181. The first kappa shape index (κ1) is 22.2. The van der Waals surface area contributed by atoms with Crippen LogP contribution in [-0.4, -0.2) is 21.0 Å². The number of amides is 1. The van der Waals surface area contributed by atoms with Gasteiger partial charge in [0.1, 0.15) is 6.17 Å². The van der Waals surface area contributed by atoms with Crippen molar-refractivity contribution in [1.29, 1.82) is 0 Å². The highest BCUT2D eigenvalue weighted by Gasteiger charge is 2.35. The van der Waals surface area contributed by atoms with Crippen molar-refractivity contribution in [3.05, 3.63) is 61.2 Å². The third kappa shape index (κ3) is 6.83. The molecule has 4 nitrogen and oxygen atoms in total. The van der Waals surface area contributed by atoms with E-state index >= 15 is 0 Å². The van der Waals surface area contributed by atoms with E-state index in [9.17, 15) is 4.79 Å². The Morgan fingerprint density at radius 1 is 1.00 bits per heavy atom. The second kappa shape index (κ2) is 9.92. The van der Waals surface area contributed by atoms with Crippen LogP contribution in [0.2, 0.25) is 0 Å². The van der Waals surface area contributed by atoms with Crippen LogP contribution in [-0.2, 0) is 0 Å². The number of carbonyl (C=O) groups is 1. The standard InChI is InChI=1S/C16H12Cl3I2N3OS/c17-16(18,19)14(23-13(25)11-3-1-2-4-12(11)21)24-15(26)22-10-7-5-9(20)6-8-10/h1-8,14H,(H,23,25)(H2,22,24,26)/t14-/m1/s1. The molecule has 0 saturated heterocycles. The van der Waals surface area contributed by atoms with Crippen LogP contribution in [0.1, 0.15) is 10.4 Å². The number of hydrogen-bond donors (Lipinski definition) is 3. The lowest BCUT2D eigenvalue weighted by Gasteiger charge is -2.28. The number of alkyl halides is 3. The molecule has 0 heterocycles. The summed E-state index contributed by atoms with van der Waals surface area (Å²) in [5.41, 5.74) is 1.25. The SMILES string of the molecule is O=C(N[C@H](NC(=S)Nc1ccc(I)cc1)C(Cl)(Cl)Cl)c1ccccc1I. The highest BCUT2D eigenvalue weighted by atomic mass is 127. The van der Waals surface area contributed by atoms with Gasteiger partial charge in [0.05, 0.1) is 5.56 Å². The minimum atomic E-state index is -1.81. The Bertz CT molecular complexity index is 800. The predicted octanol–water partition coefficient (Wildman–Crippen LogP) is 5.31. The van der Waals surface area contributed by atoms with Crippen molar-refractivity contribution < 1.29 is 4.79 Å². The summed E-state index contributed by atoms with van der Waals surface area (Å²) in [5.74, 6) is -0.379. The summed E-state index contributed by atoms with van der Waals surface area (Å²) in [7, 11) is 0. The summed E-state index contributed by atoms with van der Waals surface area (Å²) < 4.78 is 0.0643. The lowest BCUT2D eigenvalue weighted by Crippen LogP contribution is -2.56. The van der Waals surface area contributed by atoms with Crippen molar-refractivity contribution in [3.8, 4) is 0 Å². The van der Waals surface area contributed by atoms with Crippen molar-refractivity contribution >= 4 is 109 Å². The minimum Gasteiger partial charge on any atom is -0.339 e. The van der Waals surface area contributed by atoms with Crippen LogP contribution in [0.4, 0.5) is 5.69 Å². The van der Waals surface area contributed by atoms with Gasteiger partial charge in [-0.1, -0.05) is 46.9 Å². The molecule has 26 heavy (non-hydrogen) atoms. The molecule has 0 aliphatic carbocycles. The minimum absolute atomic E-state index is 0.214. The number of halogens is 5. The number of rotatable bonds is 4. The Morgan fingerprint density at radius 2 is 1.62 bits per heavy atom. The van der Waals surface area contributed by atoms with E-state index in [0.717, 1.165) is 12.8 Å². The maximum Gasteiger partial charge on any atom is 0.254 e. The summed E-state index contributed by atoms with van der Waals surface area (Å²) >= 11 is 27.5. The smallest absolute Gasteiger partial charge is 0.254 e. The molecular formula is C16H12Cl3I2N3OS. The van der Waals surface area contributed by atoms with E-state index in [1.54, 1.807) is 12.1 Å². The molecule has 2 rings (SSSR count). The largest absolute Gasteiger partial charge is 0.339 e. The van der Waals surface area contributed by atoms with E-state index < -0.39 is 9.96 Å². The topological polar surface area (TPSA) is 53.2 Å². The normalized spacial score (nSPS) is 12.2. The van der Waals surface area contributed by atoms with Crippen LogP contribution < -0.4 is 16.0 Å². The van der Waals surface area contributed by atoms with Gasteiger partial charge in [0.2, 0.25) is 3.79 Å². The average molecular weight is 655 g/mol. The van der Waals surface area contributed by atoms with Gasteiger partial charge in [-0.2, -0.15) is 0 Å². The second-order valence-electron chi connectivity index (χ2n) is 5.03. The first-order valence-corrected chi connectivity index (χ1v) is 10.8. The Morgan fingerprint density at radius 3 is 2.19 bits per heavy atom. The van der Waals surface area contributed by atoms with E-state index in [0.29, 0.717) is 5.56 Å². The van der Waals surface area contributed by atoms with Crippen LogP contribution in [0, 0.1) is 7.14 Å². The second-order valence-corrected chi connectivity index (χ2v) is 10.2. The van der Waals surface area contributed by atoms with Crippen LogP contribution in [0.25, 0.3) is 0 Å². The van der Waals surface area contributed by atoms with E-state index in [1.807, 2.05) is 36.4 Å².